The zero-order valence-corrected chi connectivity index (χ0v) is 39.0. The van der Waals surface area contributed by atoms with Crippen molar-refractivity contribution >= 4 is 11.9 Å². The maximum Gasteiger partial charge on any atom is 0.305 e. The second-order valence-corrected chi connectivity index (χ2v) is 17.9. The van der Waals surface area contributed by atoms with Gasteiger partial charge in [0, 0.05) is 12.8 Å². The van der Waals surface area contributed by atoms with Crippen molar-refractivity contribution in [2.24, 2.45) is 0 Å². The van der Waals surface area contributed by atoms with Gasteiger partial charge in [-0.3, -0.25) is 9.59 Å². The molecule has 0 aliphatic carbocycles. The minimum absolute atomic E-state index is 0.0207. The van der Waals surface area contributed by atoms with Gasteiger partial charge in [-0.05, 0) is 51.4 Å². The Morgan fingerprint density at radius 1 is 0.466 bits per heavy atom. The summed E-state index contributed by atoms with van der Waals surface area (Å²) in [4.78, 5) is 24.5. The predicted octanol–water partition coefficient (Wildman–Crippen LogP) is 15.3. The van der Waals surface area contributed by atoms with Crippen LogP contribution in [0.2, 0.25) is 0 Å². The van der Waals surface area contributed by atoms with Crippen LogP contribution in [0.25, 0.3) is 0 Å². The Bertz CT molecular complexity index is 863. The van der Waals surface area contributed by atoms with Gasteiger partial charge in [-0.15, -0.1) is 0 Å². The third-order valence-corrected chi connectivity index (χ3v) is 12.1. The van der Waals surface area contributed by atoms with Gasteiger partial charge in [-0.2, -0.15) is 0 Å². The van der Waals surface area contributed by atoms with Crippen LogP contribution in [0, 0.1) is 0 Å². The Balaban J connectivity index is 3.46. The summed E-state index contributed by atoms with van der Waals surface area (Å²) in [6.07, 6.45) is 54.6. The molecule has 0 spiro atoms. The van der Waals surface area contributed by atoms with Crippen molar-refractivity contribution in [3.8, 4) is 0 Å². The van der Waals surface area contributed by atoms with Gasteiger partial charge >= 0.3 is 5.97 Å². The number of esters is 1. The zero-order chi connectivity index (χ0) is 42.3. The van der Waals surface area contributed by atoms with E-state index in [0.717, 1.165) is 57.8 Å². The van der Waals surface area contributed by atoms with Crippen LogP contribution >= 0.6 is 0 Å². The Hall–Kier alpha value is -1.40. The van der Waals surface area contributed by atoms with E-state index >= 15 is 0 Å². The van der Waals surface area contributed by atoms with Gasteiger partial charge < -0.3 is 20.3 Å². The van der Waals surface area contributed by atoms with Crippen LogP contribution in [0.15, 0.2) is 12.2 Å². The zero-order valence-electron chi connectivity index (χ0n) is 39.0. The third kappa shape index (κ3) is 44.2. The Labute approximate surface area is 361 Å². The summed E-state index contributed by atoms with van der Waals surface area (Å²) in [5.74, 6) is -0.0740. The first kappa shape index (κ1) is 56.6. The molecule has 0 aliphatic rings. The number of ether oxygens (including phenoxy) is 1. The van der Waals surface area contributed by atoms with Crippen molar-refractivity contribution in [3.05, 3.63) is 12.2 Å². The SMILES string of the molecule is CCCCCCCCC/C=C\CCCCCCCC(=O)OCCCCCCCCCCCCCC(=O)NC(CO)C(O)CCCCCCCCCCCCCCCC. The molecule has 0 saturated heterocycles. The van der Waals surface area contributed by atoms with Gasteiger partial charge in [-0.1, -0.05) is 231 Å². The van der Waals surface area contributed by atoms with E-state index in [4.69, 9.17) is 4.74 Å². The lowest BCUT2D eigenvalue weighted by Crippen LogP contribution is -2.45. The number of carbonyl (C=O) groups excluding carboxylic acids is 2. The number of aliphatic hydroxyl groups is 2. The molecule has 0 fully saturated rings. The first-order chi connectivity index (χ1) is 28.5. The van der Waals surface area contributed by atoms with E-state index < -0.39 is 12.1 Å². The fraction of sp³-hybridized carbons (Fsp3) is 0.923. The van der Waals surface area contributed by atoms with E-state index in [1.807, 2.05) is 0 Å². The monoisotopic (exact) mass is 820 g/mol. The molecule has 2 atom stereocenters. The van der Waals surface area contributed by atoms with Gasteiger partial charge in [0.15, 0.2) is 0 Å². The number of rotatable bonds is 48. The van der Waals surface area contributed by atoms with Crippen molar-refractivity contribution in [3.63, 3.8) is 0 Å². The molecule has 0 aromatic heterocycles. The molecule has 0 rings (SSSR count). The molecule has 0 aliphatic heterocycles. The smallest absolute Gasteiger partial charge is 0.305 e. The highest BCUT2D eigenvalue weighted by Crippen LogP contribution is 2.16. The fourth-order valence-electron chi connectivity index (χ4n) is 8.05. The molecule has 0 heterocycles. The van der Waals surface area contributed by atoms with Gasteiger partial charge in [-0.25, -0.2) is 0 Å². The third-order valence-electron chi connectivity index (χ3n) is 12.1. The van der Waals surface area contributed by atoms with Crippen LogP contribution in [-0.2, 0) is 14.3 Å². The van der Waals surface area contributed by atoms with Crippen LogP contribution in [0.1, 0.15) is 284 Å². The standard InChI is InChI=1S/C52H101NO5/c1-3-5-7-9-11-13-15-17-19-20-22-26-30-34-38-42-46-52(57)58-47-43-39-35-31-27-23-25-29-33-37-41-45-51(56)53-49(48-54)50(55)44-40-36-32-28-24-21-18-16-14-12-10-8-6-4-2/h19-20,49-50,54-55H,3-18,21-48H2,1-2H3,(H,53,56)/b20-19-. The van der Waals surface area contributed by atoms with Crippen LogP contribution in [-0.4, -0.2) is 47.4 Å². The van der Waals surface area contributed by atoms with E-state index in [2.05, 4.69) is 31.3 Å². The maximum atomic E-state index is 12.4. The number of carbonyl (C=O) groups is 2. The first-order valence-corrected chi connectivity index (χ1v) is 25.9. The predicted molar refractivity (Wildman–Crippen MR) is 250 cm³/mol. The number of unbranched alkanes of at least 4 members (excludes halogenated alkanes) is 35. The lowest BCUT2D eigenvalue weighted by atomic mass is 10.0. The number of allylic oxidation sites excluding steroid dienone is 2. The second-order valence-electron chi connectivity index (χ2n) is 17.9. The molecule has 6 heteroatoms. The summed E-state index contributed by atoms with van der Waals surface area (Å²) in [7, 11) is 0. The number of hydrogen-bond donors (Lipinski definition) is 3. The topological polar surface area (TPSA) is 95.9 Å². The number of nitrogens with one attached hydrogen (secondary N) is 1. The summed E-state index contributed by atoms with van der Waals surface area (Å²) in [6, 6.07) is -0.554. The normalized spacial score (nSPS) is 12.7. The average molecular weight is 820 g/mol. The highest BCUT2D eigenvalue weighted by atomic mass is 16.5. The van der Waals surface area contributed by atoms with Gasteiger partial charge in [0.1, 0.15) is 0 Å². The van der Waals surface area contributed by atoms with Gasteiger partial charge in [0.05, 0.1) is 25.4 Å². The van der Waals surface area contributed by atoms with E-state index in [1.165, 1.54) is 193 Å². The molecule has 344 valence electrons. The lowest BCUT2D eigenvalue weighted by molar-refractivity contribution is -0.143. The van der Waals surface area contributed by atoms with Crippen LogP contribution < -0.4 is 5.32 Å². The molecule has 0 bridgehead atoms. The molecule has 1 amide bonds. The van der Waals surface area contributed by atoms with Crippen molar-refractivity contribution in [1.82, 2.24) is 5.32 Å². The minimum Gasteiger partial charge on any atom is -0.466 e. The van der Waals surface area contributed by atoms with E-state index in [0.29, 0.717) is 25.9 Å². The van der Waals surface area contributed by atoms with E-state index in [9.17, 15) is 19.8 Å². The maximum absolute atomic E-state index is 12.4. The molecule has 3 N–H and O–H groups in total. The van der Waals surface area contributed by atoms with Gasteiger partial charge in [0.2, 0.25) is 5.91 Å². The van der Waals surface area contributed by atoms with Crippen molar-refractivity contribution in [1.29, 1.82) is 0 Å². The molecule has 0 aromatic carbocycles. The Kier molecular flexibility index (Phi) is 47.1. The average Bonchev–Trinajstić information content (AvgIpc) is 3.22. The molecular formula is C52H101NO5. The quantitative estimate of drug-likeness (QED) is 0.0323. The Morgan fingerprint density at radius 2 is 0.810 bits per heavy atom. The van der Waals surface area contributed by atoms with E-state index in [1.54, 1.807) is 0 Å². The molecule has 6 nitrogen and oxygen atoms in total. The minimum atomic E-state index is -0.675. The summed E-state index contributed by atoms with van der Waals surface area (Å²) >= 11 is 0. The summed E-state index contributed by atoms with van der Waals surface area (Å²) in [6.45, 7) is 4.91. The second kappa shape index (κ2) is 48.3. The number of aliphatic hydroxyl groups excluding tert-OH is 2. The Morgan fingerprint density at radius 3 is 1.22 bits per heavy atom. The molecule has 0 radical (unpaired) electrons. The fourth-order valence-corrected chi connectivity index (χ4v) is 8.05. The van der Waals surface area contributed by atoms with Crippen LogP contribution in [0.3, 0.4) is 0 Å². The van der Waals surface area contributed by atoms with Gasteiger partial charge in [0.25, 0.3) is 0 Å². The van der Waals surface area contributed by atoms with Crippen molar-refractivity contribution in [2.45, 2.75) is 296 Å². The van der Waals surface area contributed by atoms with Crippen molar-refractivity contribution < 1.29 is 24.5 Å². The molecule has 0 saturated carbocycles. The summed E-state index contributed by atoms with van der Waals surface area (Å²) in [5, 5.41) is 23.2. The molecule has 0 aromatic rings. The highest BCUT2D eigenvalue weighted by molar-refractivity contribution is 5.76. The van der Waals surface area contributed by atoms with Crippen molar-refractivity contribution in [2.75, 3.05) is 13.2 Å². The first-order valence-electron chi connectivity index (χ1n) is 25.9. The highest BCUT2D eigenvalue weighted by Gasteiger charge is 2.20. The molecule has 58 heavy (non-hydrogen) atoms. The van der Waals surface area contributed by atoms with Crippen LogP contribution in [0.4, 0.5) is 0 Å². The number of amides is 1. The number of hydrogen-bond acceptors (Lipinski definition) is 5. The molecular weight excluding hydrogens is 719 g/mol. The molecule has 2 unspecified atom stereocenters. The van der Waals surface area contributed by atoms with E-state index in [-0.39, 0.29) is 18.5 Å². The van der Waals surface area contributed by atoms with Crippen LogP contribution in [0.5, 0.6) is 0 Å². The summed E-state index contributed by atoms with van der Waals surface area (Å²) in [5.41, 5.74) is 0. The summed E-state index contributed by atoms with van der Waals surface area (Å²) < 4.78 is 5.46. The lowest BCUT2D eigenvalue weighted by Gasteiger charge is -2.22. The largest absolute Gasteiger partial charge is 0.466 e.